The Hall–Kier alpha value is -2.37. The van der Waals surface area contributed by atoms with Crippen molar-refractivity contribution >= 4 is 11.7 Å². The Morgan fingerprint density at radius 3 is 2.95 bits per heavy atom. The first-order chi connectivity index (χ1) is 10.1. The summed E-state index contributed by atoms with van der Waals surface area (Å²) in [7, 11) is 0. The van der Waals surface area contributed by atoms with Crippen molar-refractivity contribution in [1.82, 2.24) is 10.3 Å². The summed E-state index contributed by atoms with van der Waals surface area (Å²) in [6, 6.07) is 4.50. The molecule has 0 fully saturated rings. The largest absolute Gasteiger partial charge is 0.467 e. The quantitative estimate of drug-likeness (QED) is 0.858. The summed E-state index contributed by atoms with van der Waals surface area (Å²) in [5, 5.41) is 5.55. The van der Waals surface area contributed by atoms with Crippen molar-refractivity contribution in [3.8, 4) is 0 Å². The molecule has 0 aliphatic heterocycles. The van der Waals surface area contributed by atoms with E-state index in [2.05, 4.69) is 15.6 Å². The number of carbonyl (C=O) groups excluding carboxylic acids is 1. The lowest BCUT2D eigenvalue weighted by atomic mass is 10.2. The van der Waals surface area contributed by atoms with Gasteiger partial charge in [-0.15, -0.1) is 0 Å². The summed E-state index contributed by atoms with van der Waals surface area (Å²) in [6.45, 7) is 4.33. The number of hydrogen-bond donors (Lipinski definition) is 2. The lowest BCUT2D eigenvalue weighted by molar-refractivity contribution is 0.0931. The van der Waals surface area contributed by atoms with E-state index >= 15 is 0 Å². The zero-order valence-electron chi connectivity index (χ0n) is 12.0. The molecule has 112 valence electrons. The van der Waals surface area contributed by atoms with Gasteiger partial charge in [0.15, 0.2) is 11.6 Å². The molecule has 1 amide bonds. The van der Waals surface area contributed by atoms with Gasteiger partial charge in [-0.1, -0.05) is 6.92 Å². The Balaban J connectivity index is 2.12. The number of pyridine rings is 1. The summed E-state index contributed by atoms with van der Waals surface area (Å²) < 4.78 is 19.4. The van der Waals surface area contributed by atoms with Crippen LogP contribution >= 0.6 is 0 Å². The minimum Gasteiger partial charge on any atom is -0.467 e. The van der Waals surface area contributed by atoms with Crippen molar-refractivity contribution in [2.24, 2.45) is 0 Å². The topological polar surface area (TPSA) is 67.2 Å². The summed E-state index contributed by atoms with van der Waals surface area (Å²) >= 11 is 0. The summed E-state index contributed by atoms with van der Waals surface area (Å²) in [5.41, 5.74) is -0.0398. The molecule has 2 rings (SSSR count). The molecule has 0 spiro atoms. The number of halogens is 1. The number of nitrogens with zero attached hydrogens (tertiary/aromatic N) is 1. The van der Waals surface area contributed by atoms with Gasteiger partial charge in [-0.25, -0.2) is 9.37 Å². The van der Waals surface area contributed by atoms with E-state index in [1.165, 1.54) is 18.5 Å². The first-order valence-corrected chi connectivity index (χ1v) is 6.86. The van der Waals surface area contributed by atoms with E-state index in [1.807, 2.05) is 6.92 Å². The normalized spacial score (nSPS) is 12.0. The van der Waals surface area contributed by atoms with E-state index in [1.54, 1.807) is 19.1 Å². The van der Waals surface area contributed by atoms with Crippen molar-refractivity contribution in [3.05, 3.63) is 47.8 Å². The predicted octanol–water partition coefficient (Wildman–Crippen LogP) is 3.13. The first kappa shape index (κ1) is 15.0. The number of amides is 1. The SMILES string of the molecule is CCCNc1nccc(C(=O)NC(C)c2ccco2)c1F. The van der Waals surface area contributed by atoms with Crippen LogP contribution in [0.3, 0.4) is 0 Å². The van der Waals surface area contributed by atoms with Crippen LogP contribution in [-0.4, -0.2) is 17.4 Å². The lowest BCUT2D eigenvalue weighted by Crippen LogP contribution is -2.27. The van der Waals surface area contributed by atoms with Gasteiger partial charge in [0.1, 0.15) is 5.76 Å². The van der Waals surface area contributed by atoms with Gasteiger partial charge in [0.2, 0.25) is 0 Å². The zero-order valence-corrected chi connectivity index (χ0v) is 12.0. The van der Waals surface area contributed by atoms with Crippen LogP contribution in [-0.2, 0) is 0 Å². The van der Waals surface area contributed by atoms with E-state index in [-0.39, 0.29) is 17.4 Å². The Labute approximate surface area is 122 Å². The van der Waals surface area contributed by atoms with Crippen molar-refractivity contribution in [3.63, 3.8) is 0 Å². The maximum atomic E-state index is 14.2. The number of hydrogen-bond acceptors (Lipinski definition) is 4. The van der Waals surface area contributed by atoms with Crippen LogP contribution in [0.15, 0.2) is 35.1 Å². The van der Waals surface area contributed by atoms with Gasteiger partial charge >= 0.3 is 0 Å². The average Bonchev–Trinajstić information content (AvgIpc) is 3.00. The number of anilines is 1. The fourth-order valence-corrected chi connectivity index (χ4v) is 1.87. The van der Waals surface area contributed by atoms with Crippen LogP contribution < -0.4 is 10.6 Å². The second-order valence-electron chi connectivity index (χ2n) is 4.66. The fourth-order valence-electron chi connectivity index (χ4n) is 1.87. The van der Waals surface area contributed by atoms with Crippen LogP contribution in [0.25, 0.3) is 0 Å². The Morgan fingerprint density at radius 2 is 2.29 bits per heavy atom. The number of carbonyl (C=O) groups is 1. The fraction of sp³-hybridized carbons (Fsp3) is 0.333. The van der Waals surface area contributed by atoms with Crippen LogP contribution in [0.1, 0.15) is 42.4 Å². The van der Waals surface area contributed by atoms with E-state index in [0.717, 1.165) is 6.42 Å². The molecule has 1 atom stereocenters. The minimum atomic E-state index is -0.643. The van der Waals surface area contributed by atoms with Gasteiger partial charge in [0, 0.05) is 12.7 Å². The standard InChI is InChI=1S/C15H18FN3O2/c1-3-7-17-14-13(16)11(6-8-18-14)15(20)19-10(2)12-5-4-9-21-12/h4-6,8-10H,3,7H2,1-2H3,(H,17,18)(H,19,20). The Kier molecular flexibility index (Phi) is 4.92. The van der Waals surface area contributed by atoms with Gasteiger partial charge in [0.25, 0.3) is 5.91 Å². The molecule has 2 aromatic rings. The molecule has 0 aliphatic rings. The average molecular weight is 291 g/mol. The van der Waals surface area contributed by atoms with Crippen molar-refractivity contribution in [1.29, 1.82) is 0 Å². The molecule has 21 heavy (non-hydrogen) atoms. The summed E-state index contributed by atoms with van der Waals surface area (Å²) in [6.07, 6.45) is 3.78. The number of nitrogens with one attached hydrogen (secondary N) is 2. The highest BCUT2D eigenvalue weighted by Gasteiger charge is 2.19. The molecule has 0 saturated heterocycles. The van der Waals surface area contributed by atoms with Crippen LogP contribution in [0.2, 0.25) is 0 Å². The van der Waals surface area contributed by atoms with Crippen LogP contribution in [0, 0.1) is 5.82 Å². The van der Waals surface area contributed by atoms with Gasteiger partial charge in [0.05, 0.1) is 17.9 Å². The molecular formula is C15H18FN3O2. The highest BCUT2D eigenvalue weighted by Crippen LogP contribution is 2.17. The molecule has 6 heteroatoms. The van der Waals surface area contributed by atoms with Crippen LogP contribution in [0.4, 0.5) is 10.2 Å². The molecule has 2 N–H and O–H groups in total. The highest BCUT2D eigenvalue weighted by atomic mass is 19.1. The molecule has 0 aromatic carbocycles. The molecule has 1 unspecified atom stereocenters. The van der Waals surface area contributed by atoms with Gasteiger partial charge in [-0.05, 0) is 31.5 Å². The monoisotopic (exact) mass is 291 g/mol. The molecule has 2 heterocycles. The maximum absolute atomic E-state index is 14.2. The van der Waals surface area contributed by atoms with E-state index in [9.17, 15) is 9.18 Å². The number of furan rings is 1. The molecular weight excluding hydrogens is 273 g/mol. The summed E-state index contributed by atoms with van der Waals surface area (Å²) in [5.74, 6) is -0.439. The maximum Gasteiger partial charge on any atom is 0.255 e. The second-order valence-corrected chi connectivity index (χ2v) is 4.66. The third-order valence-electron chi connectivity index (χ3n) is 2.99. The van der Waals surface area contributed by atoms with Crippen molar-refractivity contribution in [2.75, 3.05) is 11.9 Å². The molecule has 0 aliphatic carbocycles. The van der Waals surface area contributed by atoms with Gasteiger partial charge < -0.3 is 15.1 Å². The van der Waals surface area contributed by atoms with Crippen molar-refractivity contribution < 1.29 is 13.6 Å². The van der Waals surface area contributed by atoms with E-state index in [4.69, 9.17) is 4.42 Å². The number of rotatable bonds is 6. The number of aromatic nitrogens is 1. The molecule has 0 bridgehead atoms. The molecule has 0 saturated carbocycles. The summed E-state index contributed by atoms with van der Waals surface area (Å²) in [4.78, 5) is 16.1. The molecule has 0 radical (unpaired) electrons. The van der Waals surface area contributed by atoms with Crippen LogP contribution in [0.5, 0.6) is 0 Å². The smallest absolute Gasteiger partial charge is 0.255 e. The molecule has 5 nitrogen and oxygen atoms in total. The zero-order chi connectivity index (χ0) is 15.2. The highest BCUT2D eigenvalue weighted by molar-refractivity contribution is 5.95. The third-order valence-corrected chi connectivity index (χ3v) is 2.99. The lowest BCUT2D eigenvalue weighted by Gasteiger charge is -2.13. The molecule has 2 aromatic heterocycles. The van der Waals surface area contributed by atoms with E-state index in [0.29, 0.717) is 12.3 Å². The predicted molar refractivity (Wildman–Crippen MR) is 77.6 cm³/mol. The van der Waals surface area contributed by atoms with Gasteiger partial charge in [-0.3, -0.25) is 4.79 Å². The Bertz CT molecular complexity index is 599. The van der Waals surface area contributed by atoms with E-state index < -0.39 is 11.7 Å². The second kappa shape index (κ2) is 6.88. The third kappa shape index (κ3) is 3.59. The minimum absolute atomic E-state index is 0.0398. The first-order valence-electron chi connectivity index (χ1n) is 6.86. The van der Waals surface area contributed by atoms with Gasteiger partial charge in [-0.2, -0.15) is 0 Å². The Morgan fingerprint density at radius 1 is 1.48 bits per heavy atom. The van der Waals surface area contributed by atoms with Crippen molar-refractivity contribution in [2.45, 2.75) is 26.3 Å².